The van der Waals surface area contributed by atoms with E-state index in [4.69, 9.17) is 14.2 Å². The summed E-state index contributed by atoms with van der Waals surface area (Å²) in [6, 6.07) is 0. The number of carbonyl (C=O) groups is 3. The predicted molar refractivity (Wildman–Crippen MR) is 298 cm³/mol. The molecule has 0 aliphatic heterocycles. The minimum Gasteiger partial charge on any atom is -0.462 e. The van der Waals surface area contributed by atoms with Crippen molar-refractivity contribution < 1.29 is 28.6 Å². The summed E-state index contributed by atoms with van der Waals surface area (Å²) < 4.78 is 16.8. The first-order valence-corrected chi connectivity index (χ1v) is 29.8. The fraction of sp³-hybridized carbons (Fsp3) is 0.794. The Labute approximate surface area is 428 Å². The van der Waals surface area contributed by atoms with Gasteiger partial charge in [-0.2, -0.15) is 0 Å². The normalized spacial score (nSPS) is 12.4. The monoisotopic (exact) mass is 965 g/mol. The summed E-state index contributed by atoms with van der Waals surface area (Å²) in [5.41, 5.74) is 0. The Morgan fingerprint density at radius 3 is 0.971 bits per heavy atom. The van der Waals surface area contributed by atoms with Crippen LogP contribution in [0, 0.1) is 0 Å². The van der Waals surface area contributed by atoms with Crippen LogP contribution in [0.4, 0.5) is 0 Å². The van der Waals surface area contributed by atoms with Crippen LogP contribution in [0.25, 0.3) is 0 Å². The molecule has 0 amide bonds. The highest BCUT2D eigenvalue weighted by Gasteiger charge is 2.19. The third-order valence-electron chi connectivity index (χ3n) is 13.0. The highest BCUT2D eigenvalue weighted by molar-refractivity contribution is 5.71. The minimum atomic E-state index is -0.805. The number of rotatable bonds is 54. The SMILES string of the molecule is CC/C=C\C/C=C\C/C=C\C/C=C\CCC(=O)OCC(COC(=O)CCCCCCCCCCCCCCCCCCCCCCCC)OC(=O)CCCCCCC/C=C\CCCCCCCCC. The van der Waals surface area contributed by atoms with E-state index in [0.29, 0.717) is 19.3 Å². The molecule has 1 atom stereocenters. The molecule has 0 aromatic rings. The summed E-state index contributed by atoms with van der Waals surface area (Å²) in [7, 11) is 0. The van der Waals surface area contributed by atoms with E-state index in [2.05, 4.69) is 75.5 Å². The summed E-state index contributed by atoms with van der Waals surface area (Å²) in [6.45, 7) is 6.49. The third-order valence-corrected chi connectivity index (χ3v) is 13.0. The van der Waals surface area contributed by atoms with Gasteiger partial charge in [0.1, 0.15) is 13.2 Å². The van der Waals surface area contributed by atoms with Gasteiger partial charge in [-0.05, 0) is 70.6 Å². The van der Waals surface area contributed by atoms with Crippen LogP contribution >= 0.6 is 0 Å². The summed E-state index contributed by atoms with van der Waals surface area (Å²) in [4.78, 5) is 38.1. The molecule has 0 rings (SSSR count). The van der Waals surface area contributed by atoms with Gasteiger partial charge in [-0.25, -0.2) is 0 Å². The van der Waals surface area contributed by atoms with E-state index >= 15 is 0 Å². The van der Waals surface area contributed by atoms with Crippen molar-refractivity contribution in [3.8, 4) is 0 Å². The van der Waals surface area contributed by atoms with Crippen LogP contribution in [0.3, 0.4) is 0 Å². The van der Waals surface area contributed by atoms with E-state index in [-0.39, 0.29) is 37.5 Å². The molecule has 0 fully saturated rings. The van der Waals surface area contributed by atoms with Gasteiger partial charge < -0.3 is 14.2 Å². The van der Waals surface area contributed by atoms with Gasteiger partial charge in [0, 0.05) is 19.3 Å². The molecular formula is C63H112O6. The lowest BCUT2D eigenvalue weighted by Crippen LogP contribution is -2.30. The van der Waals surface area contributed by atoms with Crippen molar-refractivity contribution in [3.05, 3.63) is 60.8 Å². The number of unbranched alkanes of at least 4 members (excludes halogenated alkanes) is 33. The van der Waals surface area contributed by atoms with Gasteiger partial charge in [0.2, 0.25) is 0 Å². The molecule has 0 aromatic carbocycles. The van der Waals surface area contributed by atoms with Crippen LogP contribution in [0.1, 0.15) is 303 Å². The lowest BCUT2D eigenvalue weighted by molar-refractivity contribution is -0.166. The zero-order valence-corrected chi connectivity index (χ0v) is 45.8. The van der Waals surface area contributed by atoms with Crippen molar-refractivity contribution in [2.24, 2.45) is 0 Å². The Morgan fingerprint density at radius 1 is 0.304 bits per heavy atom. The molecule has 6 heteroatoms. The van der Waals surface area contributed by atoms with Crippen molar-refractivity contribution in [1.29, 1.82) is 0 Å². The molecule has 400 valence electrons. The molecular weight excluding hydrogens is 853 g/mol. The molecule has 0 heterocycles. The van der Waals surface area contributed by atoms with Crippen molar-refractivity contribution in [1.82, 2.24) is 0 Å². The second-order valence-electron chi connectivity index (χ2n) is 19.9. The molecule has 0 aliphatic rings. The maximum Gasteiger partial charge on any atom is 0.306 e. The van der Waals surface area contributed by atoms with Gasteiger partial charge in [0.15, 0.2) is 6.10 Å². The third kappa shape index (κ3) is 55.9. The number of hydrogen-bond acceptors (Lipinski definition) is 6. The number of esters is 3. The van der Waals surface area contributed by atoms with Gasteiger partial charge in [-0.15, -0.1) is 0 Å². The Morgan fingerprint density at radius 2 is 0.594 bits per heavy atom. The van der Waals surface area contributed by atoms with Crippen molar-refractivity contribution >= 4 is 17.9 Å². The summed E-state index contributed by atoms with van der Waals surface area (Å²) in [5.74, 6) is -0.977. The standard InChI is InChI=1S/C63H112O6/c1-4-7-10-13-16-19-22-25-27-29-30-31-32-33-34-36-38-41-44-47-50-53-56-62(65)68-59-60(58-67-61(64)55-52-49-46-43-40-37-24-21-18-15-12-9-6-3)69-63(66)57-54-51-48-45-42-39-35-28-26-23-20-17-14-11-8-5-2/h9,12,18,21,28,35,37,40,46,49,60H,4-8,10-11,13-17,19-20,22-27,29-34,36,38-39,41-45,47-48,50-59H2,1-3H3/b12-9-,21-18-,35-28-,40-37-,49-46-. The Balaban J connectivity index is 4.34. The van der Waals surface area contributed by atoms with Crippen molar-refractivity contribution in [2.45, 2.75) is 309 Å². The lowest BCUT2D eigenvalue weighted by Gasteiger charge is -2.18. The van der Waals surface area contributed by atoms with Gasteiger partial charge in [0.25, 0.3) is 0 Å². The summed E-state index contributed by atoms with van der Waals surface area (Å²) in [6.07, 6.45) is 72.4. The lowest BCUT2D eigenvalue weighted by atomic mass is 10.0. The average Bonchev–Trinajstić information content (AvgIpc) is 3.35. The van der Waals surface area contributed by atoms with E-state index in [1.54, 1.807) is 0 Å². The number of hydrogen-bond donors (Lipinski definition) is 0. The molecule has 0 saturated heterocycles. The van der Waals surface area contributed by atoms with Crippen LogP contribution in [0.5, 0.6) is 0 Å². The molecule has 0 aromatic heterocycles. The van der Waals surface area contributed by atoms with Crippen molar-refractivity contribution in [2.75, 3.05) is 13.2 Å². The van der Waals surface area contributed by atoms with Gasteiger partial charge >= 0.3 is 17.9 Å². The number of allylic oxidation sites excluding steroid dienone is 10. The molecule has 0 radical (unpaired) electrons. The van der Waals surface area contributed by atoms with E-state index in [9.17, 15) is 14.4 Å². The number of carbonyl (C=O) groups excluding carboxylic acids is 3. The second kappa shape index (κ2) is 57.7. The first kappa shape index (κ1) is 66.1. The highest BCUT2D eigenvalue weighted by Crippen LogP contribution is 2.17. The van der Waals surface area contributed by atoms with Crippen LogP contribution < -0.4 is 0 Å². The Bertz CT molecular complexity index is 1250. The fourth-order valence-corrected chi connectivity index (χ4v) is 8.57. The van der Waals surface area contributed by atoms with Crippen molar-refractivity contribution in [3.63, 3.8) is 0 Å². The van der Waals surface area contributed by atoms with Crippen LogP contribution in [0.2, 0.25) is 0 Å². The smallest absolute Gasteiger partial charge is 0.306 e. The quantitative estimate of drug-likeness (QED) is 0.0262. The maximum atomic E-state index is 12.8. The molecule has 0 N–H and O–H groups in total. The maximum absolute atomic E-state index is 12.8. The van der Waals surface area contributed by atoms with Gasteiger partial charge in [-0.3, -0.25) is 14.4 Å². The fourth-order valence-electron chi connectivity index (χ4n) is 8.57. The van der Waals surface area contributed by atoms with E-state index < -0.39 is 6.10 Å². The molecule has 1 unspecified atom stereocenters. The zero-order valence-electron chi connectivity index (χ0n) is 45.8. The Hall–Kier alpha value is -2.89. The molecule has 69 heavy (non-hydrogen) atoms. The molecule has 6 nitrogen and oxygen atoms in total. The summed E-state index contributed by atoms with van der Waals surface area (Å²) >= 11 is 0. The molecule has 0 bridgehead atoms. The second-order valence-corrected chi connectivity index (χ2v) is 19.9. The first-order chi connectivity index (χ1) is 34.0. The first-order valence-electron chi connectivity index (χ1n) is 29.8. The summed E-state index contributed by atoms with van der Waals surface area (Å²) in [5, 5.41) is 0. The van der Waals surface area contributed by atoms with E-state index in [1.165, 1.54) is 180 Å². The van der Waals surface area contributed by atoms with Crippen LogP contribution in [-0.4, -0.2) is 37.2 Å². The molecule has 0 aliphatic carbocycles. The average molecular weight is 966 g/mol. The largest absolute Gasteiger partial charge is 0.462 e. The predicted octanol–water partition coefficient (Wildman–Crippen LogP) is 20.0. The Kier molecular flexibility index (Phi) is 55.3. The zero-order chi connectivity index (χ0) is 50.0. The number of ether oxygens (including phenoxy) is 3. The highest BCUT2D eigenvalue weighted by atomic mass is 16.6. The molecule has 0 saturated carbocycles. The topological polar surface area (TPSA) is 78.9 Å². The molecule has 0 spiro atoms. The van der Waals surface area contributed by atoms with Crippen LogP contribution in [-0.2, 0) is 28.6 Å². The van der Waals surface area contributed by atoms with Gasteiger partial charge in [0.05, 0.1) is 0 Å². The van der Waals surface area contributed by atoms with Crippen LogP contribution in [0.15, 0.2) is 60.8 Å². The van der Waals surface area contributed by atoms with E-state index in [0.717, 1.165) is 77.0 Å². The minimum absolute atomic E-state index is 0.0967. The van der Waals surface area contributed by atoms with Gasteiger partial charge in [-0.1, -0.05) is 274 Å². The van der Waals surface area contributed by atoms with E-state index in [1.807, 2.05) is 6.08 Å².